The summed E-state index contributed by atoms with van der Waals surface area (Å²) in [5.41, 5.74) is 7.37. The molecule has 1 heterocycles. The predicted molar refractivity (Wildman–Crippen MR) is 98.9 cm³/mol. The zero-order chi connectivity index (χ0) is 19.4. The molecule has 3 rings (SSSR count). The standard InChI is InChI=1S/C20H22N2O5/c1-12(2)16-6-5-15(8-13(16)3)25-10-19(23)21-22-20(24)14-4-7-17-18(9-14)27-11-26-17/h4-9,12H,10-11H2,1-3H3,(H,21,23)(H,22,24). The molecule has 0 atom stereocenters. The van der Waals surface area contributed by atoms with Crippen molar-refractivity contribution >= 4 is 11.8 Å². The van der Waals surface area contributed by atoms with Crippen LogP contribution >= 0.6 is 0 Å². The molecule has 0 bridgehead atoms. The SMILES string of the molecule is Cc1cc(OCC(=O)NNC(=O)c2ccc3c(c2)OCO3)ccc1C(C)C. The molecule has 2 aromatic carbocycles. The zero-order valence-electron chi connectivity index (χ0n) is 15.5. The lowest BCUT2D eigenvalue weighted by atomic mass is 9.98. The normalized spacial score (nSPS) is 12.0. The second kappa shape index (κ2) is 7.99. The summed E-state index contributed by atoms with van der Waals surface area (Å²) in [6.45, 7) is 6.18. The molecule has 2 amide bonds. The van der Waals surface area contributed by atoms with Gasteiger partial charge in [0.15, 0.2) is 18.1 Å². The molecule has 142 valence electrons. The Hall–Kier alpha value is -3.22. The molecule has 1 aliphatic heterocycles. The van der Waals surface area contributed by atoms with E-state index < -0.39 is 11.8 Å². The third kappa shape index (κ3) is 4.49. The number of hydrogen-bond donors (Lipinski definition) is 2. The molecule has 7 heteroatoms. The van der Waals surface area contributed by atoms with Crippen LogP contribution in [0.25, 0.3) is 0 Å². The van der Waals surface area contributed by atoms with Crippen LogP contribution in [0.15, 0.2) is 36.4 Å². The van der Waals surface area contributed by atoms with Crippen LogP contribution in [0.5, 0.6) is 17.2 Å². The molecular weight excluding hydrogens is 348 g/mol. The lowest BCUT2D eigenvalue weighted by Crippen LogP contribution is -2.43. The van der Waals surface area contributed by atoms with Crippen LogP contribution in [-0.4, -0.2) is 25.2 Å². The summed E-state index contributed by atoms with van der Waals surface area (Å²) in [4.78, 5) is 24.0. The number of rotatable bonds is 5. The van der Waals surface area contributed by atoms with Crippen molar-refractivity contribution in [3.63, 3.8) is 0 Å². The fourth-order valence-electron chi connectivity index (χ4n) is 2.81. The van der Waals surface area contributed by atoms with E-state index in [9.17, 15) is 9.59 Å². The van der Waals surface area contributed by atoms with Crippen LogP contribution < -0.4 is 25.1 Å². The van der Waals surface area contributed by atoms with Crippen molar-refractivity contribution in [3.8, 4) is 17.2 Å². The van der Waals surface area contributed by atoms with E-state index in [1.807, 2.05) is 25.1 Å². The first-order valence-corrected chi connectivity index (χ1v) is 8.66. The van der Waals surface area contributed by atoms with Crippen LogP contribution in [0.1, 0.15) is 41.3 Å². The number of carbonyl (C=O) groups excluding carboxylic acids is 2. The smallest absolute Gasteiger partial charge is 0.276 e. The van der Waals surface area contributed by atoms with Crippen molar-refractivity contribution in [2.45, 2.75) is 26.7 Å². The number of hydrazine groups is 1. The number of fused-ring (bicyclic) bond motifs is 1. The summed E-state index contributed by atoms with van der Waals surface area (Å²) in [5.74, 6) is 1.19. The van der Waals surface area contributed by atoms with E-state index in [0.29, 0.717) is 28.7 Å². The molecule has 0 fully saturated rings. The van der Waals surface area contributed by atoms with Gasteiger partial charge in [-0.05, 0) is 54.3 Å². The van der Waals surface area contributed by atoms with Crippen LogP contribution in [-0.2, 0) is 4.79 Å². The van der Waals surface area contributed by atoms with Gasteiger partial charge in [0, 0.05) is 5.56 Å². The number of carbonyl (C=O) groups is 2. The van der Waals surface area contributed by atoms with Crippen LogP contribution in [0.4, 0.5) is 0 Å². The highest BCUT2D eigenvalue weighted by Gasteiger charge is 2.16. The maximum absolute atomic E-state index is 12.1. The Bertz CT molecular complexity index is 863. The van der Waals surface area contributed by atoms with Crippen LogP contribution in [0.3, 0.4) is 0 Å². The summed E-state index contributed by atoms with van der Waals surface area (Å²) >= 11 is 0. The second-order valence-electron chi connectivity index (χ2n) is 6.53. The van der Waals surface area contributed by atoms with E-state index in [-0.39, 0.29) is 13.4 Å². The average molecular weight is 370 g/mol. The molecule has 2 N–H and O–H groups in total. The molecular formula is C20H22N2O5. The molecule has 0 saturated carbocycles. The first kappa shape index (κ1) is 18.6. The van der Waals surface area contributed by atoms with E-state index in [0.717, 1.165) is 5.56 Å². The van der Waals surface area contributed by atoms with Gasteiger partial charge in [0.25, 0.3) is 11.8 Å². The molecule has 27 heavy (non-hydrogen) atoms. The van der Waals surface area contributed by atoms with Gasteiger partial charge >= 0.3 is 0 Å². The van der Waals surface area contributed by atoms with E-state index >= 15 is 0 Å². The monoisotopic (exact) mass is 370 g/mol. The van der Waals surface area contributed by atoms with Gasteiger partial charge in [-0.15, -0.1) is 0 Å². The molecule has 1 aliphatic rings. The number of amides is 2. The van der Waals surface area contributed by atoms with Gasteiger partial charge in [-0.2, -0.15) is 0 Å². The van der Waals surface area contributed by atoms with Gasteiger partial charge in [-0.3, -0.25) is 20.4 Å². The minimum atomic E-state index is -0.463. The Labute approximate surface area is 157 Å². The van der Waals surface area contributed by atoms with Crippen molar-refractivity contribution in [2.75, 3.05) is 13.4 Å². The zero-order valence-corrected chi connectivity index (χ0v) is 15.5. The minimum Gasteiger partial charge on any atom is -0.484 e. The Kier molecular flexibility index (Phi) is 5.49. The Balaban J connectivity index is 1.48. The number of benzene rings is 2. The van der Waals surface area contributed by atoms with Gasteiger partial charge in [-0.1, -0.05) is 19.9 Å². The van der Waals surface area contributed by atoms with Crippen LogP contribution in [0, 0.1) is 6.92 Å². The maximum atomic E-state index is 12.1. The van der Waals surface area contributed by atoms with Gasteiger partial charge in [0.1, 0.15) is 5.75 Å². The predicted octanol–water partition coefficient (Wildman–Crippen LogP) is 2.69. The Morgan fingerprint density at radius 3 is 2.59 bits per heavy atom. The third-order valence-corrected chi connectivity index (χ3v) is 4.18. The number of aryl methyl sites for hydroxylation is 1. The average Bonchev–Trinajstić information content (AvgIpc) is 3.11. The lowest BCUT2D eigenvalue weighted by Gasteiger charge is -2.13. The fraction of sp³-hybridized carbons (Fsp3) is 0.300. The maximum Gasteiger partial charge on any atom is 0.276 e. The molecule has 0 spiro atoms. The summed E-state index contributed by atoms with van der Waals surface area (Å²) in [6, 6.07) is 10.5. The summed E-state index contributed by atoms with van der Waals surface area (Å²) in [6.07, 6.45) is 0. The Morgan fingerprint density at radius 1 is 1.07 bits per heavy atom. The first-order valence-electron chi connectivity index (χ1n) is 8.66. The van der Waals surface area contributed by atoms with Gasteiger partial charge in [0.2, 0.25) is 6.79 Å². The van der Waals surface area contributed by atoms with E-state index in [4.69, 9.17) is 14.2 Å². The molecule has 0 aliphatic carbocycles. The molecule has 0 saturated heterocycles. The molecule has 0 unspecified atom stereocenters. The quantitative estimate of drug-likeness (QED) is 0.791. The van der Waals surface area contributed by atoms with Gasteiger partial charge in [-0.25, -0.2) is 0 Å². The topological polar surface area (TPSA) is 85.9 Å². The highest BCUT2D eigenvalue weighted by atomic mass is 16.7. The largest absolute Gasteiger partial charge is 0.484 e. The number of hydrogen-bond acceptors (Lipinski definition) is 5. The van der Waals surface area contributed by atoms with E-state index in [2.05, 4.69) is 24.7 Å². The second-order valence-corrected chi connectivity index (χ2v) is 6.53. The van der Waals surface area contributed by atoms with E-state index in [1.54, 1.807) is 18.2 Å². The number of nitrogens with one attached hydrogen (secondary N) is 2. The highest BCUT2D eigenvalue weighted by molar-refractivity contribution is 5.96. The minimum absolute atomic E-state index is 0.131. The van der Waals surface area contributed by atoms with Crippen molar-refractivity contribution in [1.29, 1.82) is 0 Å². The summed E-state index contributed by atoms with van der Waals surface area (Å²) < 4.78 is 15.9. The molecule has 0 radical (unpaired) electrons. The van der Waals surface area contributed by atoms with E-state index in [1.165, 1.54) is 5.56 Å². The lowest BCUT2D eigenvalue weighted by molar-refractivity contribution is -0.123. The van der Waals surface area contributed by atoms with Crippen molar-refractivity contribution in [2.24, 2.45) is 0 Å². The van der Waals surface area contributed by atoms with Gasteiger partial charge in [0.05, 0.1) is 0 Å². The molecule has 0 aromatic heterocycles. The number of ether oxygens (including phenoxy) is 3. The van der Waals surface area contributed by atoms with Crippen molar-refractivity contribution in [1.82, 2.24) is 10.9 Å². The molecule has 7 nitrogen and oxygen atoms in total. The van der Waals surface area contributed by atoms with Crippen LogP contribution in [0.2, 0.25) is 0 Å². The Morgan fingerprint density at radius 2 is 1.85 bits per heavy atom. The summed E-state index contributed by atoms with van der Waals surface area (Å²) in [5, 5.41) is 0. The third-order valence-electron chi connectivity index (χ3n) is 4.18. The fourth-order valence-corrected chi connectivity index (χ4v) is 2.81. The van der Waals surface area contributed by atoms with Crippen molar-refractivity contribution in [3.05, 3.63) is 53.1 Å². The molecule has 2 aromatic rings. The van der Waals surface area contributed by atoms with Gasteiger partial charge < -0.3 is 14.2 Å². The first-order chi connectivity index (χ1) is 12.9. The summed E-state index contributed by atoms with van der Waals surface area (Å²) in [7, 11) is 0. The highest BCUT2D eigenvalue weighted by Crippen LogP contribution is 2.32. The van der Waals surface area contributed by atoms with Crippen molar-refractivity contribution < 1.29 is 23.8 Å².